The summed E-state index contributed by atoms with van der Waals surface area (Å²) < 4.78 is 10.7. The van der Waals surface area contributed by atoms with Gasteiger partial charge in [0.25, 0.3) is 0 Å². The van der Waals surface area contributed by atoms with E-state index in [0.717, 1.165) is 5.69 Å². The molecule has 152 valence electrons. The van der Waals surface area contributed by atoms with Gasteiger partial charge in [-0.25, -0.2) is 19.9 Å². The molecule has 0 atom stereocenters. The molecule has 3 aromatic heterocycles. The normalized spacial score (nSPS) is 10.7. The van der Waals surface area contributed by atoms with E-state index < -0.39 is 0 Å². The lowest BCUT2D eigenvalue weighted by atomic mass is 10.1. The van der Waals surface area contributed by atoms with Gasteiger partial charge in [-0.1, -0.05) is 11.2 Å². The van der Waals surface area contributed by atoms with Gasteiger partial charge in [-0.2, -0.15) is 4.98 Å². The Kier molecular flexibility index (Phi) is 5.21. The monoisotopic (exact) mass is 404 g/mol. The van der Waals surface area contributed by atoms with Crippen molar-refractivity contribution < 1.29 is 9.26 Å². The Hall–Kier alpha value is -4.08. The molecule has 4 aromatic rings. The second-order valence-corrected chi connectivity index (χ2v) is 6.50. The maximum atomic E-state index is 5.60. The van der Waals surface area contributed by atoms with Gasteiger partial charge in [-0.3, -0.25) is 0 Å². The number of para-hydroxylation sites is 1. The summed E-state index contributed by atoms with van der Waals surface area (Å²) >= 11 is 0. The highest BCUT2D eigenvalue weighted by Crippen LogP contribution is 2.36. The number of hydrogen-bond acceptors (Lipinski definition) is 10. The fraction of sp³-hybridized carbons (Fsp3) is 0.200. The zero-order chi connectivity index (χ0) is 21.1. The molecule has 4 rings (SSSR count). The van der Waals surface area contributed by atoms with Crippen molar-refractivity contribution in [3.63, 3.8) is 0 Å². The van der Waals surface area contributed by atoms with E-state index in [2.05, 4.69) is 40.7 Å². The van der Waals surface area contributed by atoms with Crippen LogP contribution >= 0.6 is 0 Å². The van der Waals surface area contributed by atoms with Crippen molar-refractivity contribution in [1.82, 2.24) is 30.1 Å². The van der Waals surface area contributed by atoms with Gasteiger partial charge in [-0.15, -0.1) is 0 Å². The Morgan fingerprint density at radius 2 is 1.70 bits per heavy atom. The maximum Gasteiger partial charge on any atom is 0.223 e. The standard InChI is InChI=1S/C20H20N8O2/c1-11-8-18(24-12(2)23-11)27-17-9-16(21-10-22-17)26-15-7-5-6-14(19(15)29-4)20-25-13(3)30-28-20/h5-10H,1-4H3,(H2,21,22,23,24,26,27). The van der Waals surface area contributed by atoms with Gasteiger partial charge in [0.05, 0.1) is 18.4 Å². The van der Waals surface area contributed by atoms with E-state index >= 15 is 0 Å². The molecule has 0 aliphatic heterocycles. The number of rotatable bonds is 6. The van der Waals surface area contributed by atoms with Crippen molar-refractivity contribution in [2.45, 2.75) is 20.8 Å². The van der Waals surface area contributed by atoms with Gasteiger partial charge >= 0.3 is 0 Å². The molecule has 3 heterocycles. The van der Waals surface area contributed by atoms with Crippen LogP contribution < -0.4 is 15.4 Å². The van der Waals surface area contributed by atoms with E-state index in [1.54, 1.807) is 20.1 Å². The number of anilines is 4. The molecule has 0 saturated carbocycles. The molecule has 30 heavy (non-hydrogen) atoms. The Morgan fingerprint density at radius 3 is 2.40 bits per heavy atom. The highest BCUT2D eigenvalue weighted by Gasteiger charge is 2.16. The average molecular weight is 404 g/mol. The molecule has 10 nitrogen and oxygen atoms in total. The first kappa shape index (κ1) is 19.2. The van der Waals surface area contributed by atoms with Crippen LogP contribution in [0.15, 0.2) is 41.2 Å². The van der Waals surface area contributed by atoms with E-state index in [4.69, 9.17) is 9.26 Å². The van der Waals surface area contributed by atoms with Gasteiger partial charge in [0.15, 0.2) is 5.75 Å². The molecule has 0 aliphatic rings. The first-order valence-corrected chi connectivity index (χ1v) is 9.18. The Balaban J connectivity index is 1.61. The Morgan fingerprint density at radius 1 is 0.900 bits per heavy atom. The quantitative estimate of drug-likeness (QED) is 0.491. The van der Waals surface area contributed by atoms with Crippen LogP contribution in [0.25, 0.3) is 11.4 Å². The molecule has 0 saturated heterocycles. The fourth-order valence-electron chi connectivity index (χ4n) is 2.98. The van der Waals surface area contributed by atoms with E-state index in [1.165, 1.54) is 6.33 Å². The SMILES string of the molecule is COc1c(Nc2cc(Nc3cc(C)nc(C)n3)ncn2)cccc1-c1noc(C)n1. The fourth-order valence-corrected chi connectivity index (χ4v) is 2.98. The molecular weight excluding hydrogens is 384 g/mol. The van der Waals surface area contributed by atoms with Crippen LogP contribution in [0.5, 0.6) is 5.75 Å². The number of aromatic nitrogens is 6. The lowest BCUT2D eigenvalue weighted by molar-refractivity contribution is 0.393. The van der Waals surface area contributed by atoms with Gasteiger partial charge < -0.3 is 19.9 Å². The molecule has 10 heteroatoms. The van der Waals surface area contributed by atoms with Crippen molar-refractivity contribution >= 4 is 23.1 Å². The Bertz CT molecular complexity index is 1170. The summed E-state index contributed by atoms with van der Waals surface area (Å²) in [5.74, 6) is 4.02. The second kappa shape index (κ2) is 8.11. The van der Waals surface area contributed by atoms with E-state index in [9.17, 15) is 0 Å². The zero-order valence-electron chi connectivity index (χ0n) is 17.0. The lowest BCUT2D eigenvalue weighted by Crippen LogP contribution is -2.03. The molecule has 0 fully saturated rings. The van der Waals surface area contributed by atoms with E-state index in [0.29, 0.717) is 52.0 Å². The highest BCUT2D eigenvalue weighted by atomic mass is 16.5. The summed E-state index contributed by atoms with van der Waals surface area (Å²) in [6.07, 6.45) is 1.46. The van der Waals surface area contributed by atoms with Gasteiger partial charge in [0, 0.05) is 24.8 Å². The summed E-state index contributed by atoms with van der Waals surface area (Å²) in [6, 6.07) is 9.24. The topological polar surface area (TPSA) is 124 Å². The van der Waals surface area contributed by atoms with Crippen molar-refractivity contribution in [3.8, 4) is 17.1 Å². The minimum absolute atomic E-state index is 0.451. The van der Waals surface area contributed by atoms with Crippen molar-refractivity contribution in [1.29, 1.82) is 0 Å². The molecule has 1 aromatic carbocycles. The van der Waals surface area contributed by atoms with Crippen LogP contribution in [-0.2, 0) is 0 Å². The summed E-state index contributed by atoms with van der Waals surface area (Å²) in [7, 11) is 1.59. The molecule has 0 spiro atoms. The minimum atomic E-state index is 0.451. The Labute approximate surface area is 172 Å². The zero-order valence-corrected chi connectivity index (χ0v) is 17.0. The molecule has 0 unspecified atom stereocenters. The lowest BCUT2D eigenvalue weighted by Gasteiger charge is -2.13. The van der Waals surface area contributed by atoms with Gasteiger partial charge in [0.2, 0.25) is 11.7 Å². The summed E-state index contributed by atoms with van der Waals surface area (Å²) in [4.78, 5) is 21.5. The smallest absolute Gasteiger partial charge is 0.223 e. The number of methoxy groups -OCH3 is 1. The maximum absolute atomic E-state index is 5.60. The highest BCUT2D eigenvalue weighted by molar-refractivity contribution is 5.77. The molecular formula is C20H20N8O2. The average Bonchev–Trinajstić information content (AvgIpc) is 3.13. The van der Waals surface area contributed by atoms with Crippen LogP contribution in [0, 0.1) is 20.8 Å². The van der Waals surface area contributed by atoms with Crippen molar-refractivity contribution in [2.24, 2.45) is 0 Å². The third kappa shape index (κ3) is 4.17. The first-order valence-electron chi connectivity index (χ1n) is 9.18. The van der Waals surface area contributed by atoms with Crippen LogP contribution in [0.3, 0.4) is 0 Å². The molecule has 2 N–H and O–H groups in total. The molecule has 0 radical (unpaired) electrons. The summed E-state index contributed by atoms with van der Waals surface area (Å²) in [5.41, 5.74) is 2.28. The summed E-state index contributed by atoms with van der Waals surface area (Å²) in [5, 5.41) is 10.4. The van der Waals surface area contributed by atoms with Crippen LogP contribution in [0.1, 0.15) is 17.4 Å². The van der Waals surface area contributed by atoms with Gasteiger partial charge in [-0.05, 0) is 26.0 Å². The molecule has 0 aliphatic carbocycles. The van der Waals surface area contributed by atoms with Crippen LogP contribution in [0.4, 0.5) is 23.1 Å². The van der Waals surface area contributed by atoms with Crippen molar-refractivity contribution in [3.05, 3.63) is 54.1 Å². The molecule has 0 bridgehead atoms. The third-order valence-electron chi connectivity index (χ3n) is 4.14. The number of ether oxygens (including phenoxy) is 1. The predicted molar refractivity (Wildman–Crippen MR) is 111 cm³/mol. The number of benzene rings is 1. The molecule has 0 amide bonds. The van der Waals surface area contributed by atoms with Crippen LogP contribution in [0.2, 0.25) is 0 Å². The van der Waals surface area contributed by atoms with Crippen LogP contribution in [-0.4, -0.2) is 37.2 Å². The summed E-state index contributed by atoms with van der Waals surface area (Å²) in [6.45, 7) is 5.49. The number of aryl methyl sites for hydroxylation is 3. The van der Waals surface area contributed by atoms with Crippen molar-refractivity contribution in [2.75, 3.05) is 17.7 Å². The minimum Gasteiger partial charge on any atom is -0.494 e. The number of nitrogens with one attached hydrogen (secondary N) is 2. The largest absolute Gasteiger partial charge is 0.494 e. The van der Waals surface area contributed by atoms with Gasteiger partial charge in [0.1, 0.15) is 29.6 Å². The number of nitrogens with zero attached hydrogens (tertiary/aromatic N) is 6. The first-order chi connectivity index (χ1) is 14.5. The van der Waals surface area contributed by atoms with E-state index in [1.807, 2.05) is 38.1 Å². The second-order valence-electron chi connectivity index (χ2n) is 6.50. The third-order valence-corrected chi connectivity index (χ3v) is 4.14. The van der Waals surface area contributed by atoms with E-state index in [-0.39, 0.29) is 0 Å². The predicted octanol–water partition coefficient (Wildman–Crippen LogP) is 3.74. The number of hydrogen-bond donors (Lipinski definition) is 2.